The van der Waals surface area contributed by atoms with Crippen LogP contribution in [0, 0.1) is 12.7 Å². The number of nitrogens with one attached hydrogen (secondary N) is 1. The first-order valence-electron chi connectivity index (χ1n) is 7.54. The fourth-order valence-corrected chi connectivity index (χ4v) is 2.69. The molecule has 2 rings (SSSR count). The summed E-state index contributed by atoms with van der Waals surface area (Å²) in [5.41, 5.74) is -0.141. The van der Waals surface area contributed by atoms with Crippen molar-refractivity contribution in [2.45, 2.75) is 31.8 Å². The highest BCUT2D eigenvalue weighted by Gasteiger charge is 2.29. The third-order valence-corrected chi connectivity index (χ3v) is 4.21. The Bertz CT molecular complexity index is 538. The van der Waals surface area contributed by atoms with Gasteiger partial charge in [-0.1, -0.05) is 6.07 Å². The summed E-state index contributed by atoms with van der Waals surface area (Å²) in [6, 6.07) is 4.59. The molecule has 0 unspecified atom stereocenters. The smallest absolute Gasteiger partial charge is 0.238 e. The number of amides is 1. The minimum Gasteiger partial charge on any atom is -0.393 e. The number of anilines is 1. The summed E-state index contributed by atoms with van der Waals surface area (Å²) in [7, 11) is 0. The van der Waals surface area contributed by atoms with Gasteiger partial charge in [-0.05, 0) is 44.9 Å². The minimum absolute atomic E-state index is 0.192. The number of likely N-dealkylation sites (tertiary alicyclic amines) is 1. The average molecular weight is 310 g/mol. The van der Waals surface area contributed by atoms with E-state index in [0.717, 1.165) is 6.42 Å². The van der Waals surface area contributed by atoms with Crippen molar-refractivity contribution in [1.29, 1.82) is 0 Å². The Morgan fingerprint density at radius 1 is 1.41 bits per heavy atom. The van der Waals surface area contributed by atoms with Crippen molar-refractivity contribution in [3.05, 3.63) is 29.6 Å². The van der Waals surface area contributed by atoms with Crippen molar-refractivity contribution in [1.82, 2.24) is 4.90 Å². The lowest BCUT2D eigenvalue weighted by atomic mass is 9.96. The Morgan fingerprint density at radius 3 is 2.91 bits per heavy atom. The van der Waals surface area contributed by atoms with E-state index in [-0.39, 0.29) is 24.9 Å². The normalized spacial score (nSPS) is 23.1. The molecule has 1 fully saturated rings. The second-order valence-corrected chi connectivity index (χ2v) is 5.97. The third kappa shape index (κ3) is 4.25. The Labute approximate surface area is 129 Å². The molecule has 1 heterocycles. The van der Waals surface area contributed by atoms with E-state index in [1.807, 2.05) is 4.90 Å². The number of carbonyl (C=O) groups excluding carboxylic acids is 1. The fourth-order valence-electron chi connectivity index (χ4n) is 2.69. The van der Waals surface area contributed by atoms with Crippen LogP contribution < -0.4 is 5.32 Å². The van der Waals surface area contributed by atoms with E-state index in [9.17, 15) is 19.4 Å². The molecule has 0 spiro atoms. The Balaban J connectivity index is 1.91. The molecule has 122 valence electrons. The van der Waals surface area contributed by atoms with Gasteiger partial charge in [0.1, 0.15) is 5.82 Å². The van der Waals surface area contributed by atoms with E-state index in [4.69, 9.17) is 0 Å². The minimum atomic E-state index is -1.04. The van der Waals surface area contributed by atoms with Crippen molar-refractivity contribution >= 4 is 11.6 Å². The number of benzene rings is 1. The topological polar surface area (TPSA) is 72.8 Å². The van der Waals surface area contributed by atoms with Crippen LogP contribution in [0.3, 0.4) is 0 Å². The summed E-state index contributed by atoms with van der Waals surface area (Å²) in [5, 5.41) is 22.0. The molecule has 3 N–H and O–H groups in total. The maximum absolute atomic E-state index is 13.5. The van der Waals surface area contributed by atoms with Gasteiger partial charge in [0, 0.05) is 17.8 Å². The van der Waals surface area contributed by atoms with Gasteiger partial charge in [-0.3, -0.25) is 9.69 Å². The highest BCUT2D eigenvalue weighted by atomic mass is 19.1. The summed E-state index contributed by atoms with van der Waals surface area (Å²) in [6.45, 7) is 2.80. The van der Waals surface area contributed by atoms with E-state index in [1.165, 1.54) is 6.07 Å². The van der Waals surface area contributed by atoms with Gasteiger partial charge < -0.3 is 15.5 Å². The number of carbonyl (C=O) groups is 1. The highest BCUT2D eigenvalue weighted by molar-refractivity contribution is 5.92. The SMILES string of the molecule is Cc1c(F)cccc1NC(=O)CN1CCC[C@@](O)(CO)CC1. The van der Waals surface area contributed by atoms with E-state index < -0.39 is 5.60 Å². The van der Waals surface area contributed by atoms with Crippen LogP contribution in [0.5, 0.6) is 0 Å². The van der Waals surface area contributed by atoms with Gasteiger partial charge in [-0.25, -0.2) is 4.39 Å². The molecular weight excluding hydrogens is 287 g/mol. The number of aliphatic hydroxyl groups is 2. The summed E-state index contributed by atoms with van der Waals surface area (Å²) < 4.78 is 13.5. The molecule has 1 aromatic carbocycles. The van der Waals surface area contributed by atoms with Crippen LogP contribution in [-0.2, 0) is 4.79 Å². The predicted molar refractivity (Wildman–Crippen MR) is 82.1 cm³/mol. The highest BCUT2D eigenvalue weighted by Crippen LogP contribution is 2.22. The molecule has 1 amide bonds. The van der Waals surface area contributed by atoms with E-state index in [2.05, 4.69) is 5.32 Å². The van der Waals surface area contributed by atoms with Crippen LogP contribution >= 0.6 is 0 Å². The van der Waals surface area contributed by atoms with Gasteiger partial charge in [0.2, 0.25) is 5.91 Å². The van der Waals surface area contributed by atoms with Crippen molar-refractivity contribution < 1.29 is 19.4 Å². The zero-order chi connectivity index (χ0) is 16.2. The van der Waals surface area contributed by atoms with Crippen molar-refractivity contribution in [2.24, 2.45) is 0 Å². The monoisotopic (exact) mass is 310 g/mol. The molecule has 0 saturated carbocycles. The second kappa shape index (κ2) is 7.17. The van der Waals surface area contributed by atoms with Crippen LogP contribution in [-0.4, -0.2) is 52.9 Å². The Morgan fingerprint density at radius 2 is 2.18 bits per heavy atom. The van der Waals surface area contributed by atoms with Crippen LogP contribution in [0.1, 0.15) is 24.8 Å². The van der Waals surface area contributed by atoms with Gasteiger partial charge in [0.25, 0.3) is 0 Å². The maximum atomic E-state index is 13.5. The molecule has 1 aromatic rings. The average Bonchev–Trinajstić information content (AvgIpc) is 2.67. The number of hydrogen-bond acceptors (Lipinski definition) is 4. The van der Waals surface area contributed by atoms with Gasteiger partial charge in [-0.2, -0.15) is 0 Å². The Hall–Kier alpha value is -1.50. The lowest BCUT2D eigenvalue weighted by molar-refractivity contribution is -0.117. The molecule has 0 radical (unpaired) electrons. The lowest BCUT2D eigenvalue weighted by Crippen LogP contribution is -2.37. The van der Waals surface area contributed by atoms with Crippen molar-refractivity contribution in [3.63, 3.8) is 0 Å². The number of hydrogen-bond donors (Lipinski definition) is 3. The van der Waals surface area contributed by atoms with Gasteiger partial charge in [0.05, 0.1) is 18.8 Å². The van der Waals surface area contributed by atoms with E-state index in [0.29, 0.717) is 37.2 Å². The summed E-state index contributed by atoms with van der Waals surface area (Å²) >= 11 is 0. The van der Waals surface area contributed by atoms with Gasteiger partial charge >= 0.3 is 0 Å². The molecule has 0 bridgehead atoms. The van der Waals surface area contributed by atoms with Crippen LogP contribution in [0.25, 0.3) is 0 Å². The molecule has 1 saturated heterocycles. The van der Waals surface area contributed by atoms with Gasteiger partial charge in [0.15, 0.2) is 0 Å². The van der Waals surface area contributed by atoms with Gasteiger partial charge in [-0.15, -0.1) is 0 Å². The lowest BCUT2D eigenvalue weighted by Gasteiger charge is -2.24. The summed E-state index contributed by atoms with van der Waals surface area (Å²) in [5.74, 6) is -0.552. The molecule has 1 aliphatic heterocycles. The summed E-state index contributed by atoms with van der Waals surface area (Å²) in [4.78, 5) is 14.0. The van der Waals surface area contributed by atoms with Crippen molar-refractivity contribution in [2.75, 3.05) is 31.6 Å². The first kappa shape index (κ1) is 16.9. The number of rotatable bonds is 4. The molecular formula is C16H23FN2O3. The quantitative estimate of drug-likeness (QED) is 0.783. The molecule has 1 atom stereocenters. The Kier molecular flexibility index (Phi) is 5.50. The van der Waals surface area contributed by atoms with Crippen LogP contribution in [0.2, 0.25) is 0 Å². The maximum Gasteiger partial charge on any atom is 0.238 e. The van der Waals surface area contributed by atoms with Crippen LogP contribution in [0.15, 0.2) is 18.2 Å². The van der Waals surface area contributed by atoms with Crippen molar-refractivity contribution in [3.8, 4) is 0 Å². The molecule has 1 aliphatic rings. The van der Waals surface area contributed by atoms with E-state index >= 15 is 0 Å². The number of nitrogens with zero attached hydrogens (tertiary/aromatic N) is 1. The summed E-state index contributed by atoms with van der Waals surface area (Å²) in [6.07, 6.45) is 1.70. The number of aliphatic hydroxyl groups excluding tert-OH is 1. The van der Waals surface area contributed by atoms with Crippen LogP contribution in [0.4, 0.5) is 10.1 Å². The molecule has 22 heavy (non-hydrogen) atoms. The largest absolute Gasteiger partial charge is 0.393 e. The zero-order valence-corrected chi connectivity index (χ0v) is 12.8. The predicted octanol–water partition coefficient (Wildman–Crippen LogP) is 1.28. The fraction of sp³-hybridized carbons (Fsp3) is 0.562. The molecule has 6 heteroatoms. The number of halogens is 1. The standard InChI is InChI=1S/C16H23FN2O3/c1-12-13(17)4-2-5-14(12)18-15(21)10-19-8-3-6-16(22,11-20)7-9-19/h2,4-5,20,22H,3,6-11H2,1H3,(H,18,21)/t16-/m0/s1. The molecule has 0 aromatic heterocycles. The second-order valence-electron chi connectivity index (χ2n) is 5.97. The zero-order valence-electron chi connectivity index (χ0n) is 12.8. The molecule has 5 nitrogen and oxygen atoms in total. The third-order valence-electron chi connectivity index (χ3n) is 4.21. The van der Waals surface area contributed by atoms with E-state index in [1.54, 1.807) is 19.1 Å². The first-order chi connectivity index (χ1) is 10.4. The first-order valence-corrected chi connectivity index (χ1v) is 7.54. The molecule has 0 aliphatic carbocycles.